The molecule has 174 valence electrons. The number of amidine groups is 1. The minimum atomic E-state index is -4.48. The standard InChI is InChI=1S/C26H22F3N3O2/c27-26(28,29)19-10-11-23-21(17-19)30-25(20-8-4-5-9-22(20)34-23)32-14-12-31(13-15-32)24(33)16-18-6-2-1-3-7-18/h1-11,17H,12-16H2. The Labute approximate surface area is 195 Å². The largest absolute Gasteiger partial charge is 0.454 e. The topological polar surface area (TPSA) is 45.1 Å². The van der Waals surface area contributed by atoms with Crippen LogP contribution >= 0.6 is 0 Å². The van der Waals surface area contributed by atoms with Gasteiger partial charge in [0.05, 0.1) is 17.5 Å². The number of hydrogen-bond donors (Lipinski definition) is 0. The average Bonchev–Trinajstić information content (AvgIpc) is 3.00. The fourth-order valence-electron chi connectivity index (χ4n) is 4.19. The first-order valence-corrected chi connectivity index (χ1v) is 11.0. The van der Waals surface area contributed by atoms with Crippen molar-refractivity contribution in [1.82, 2.24) is 9.80 Å². The first-order valence-electron chi connectivity index (χ1n) is 11.0. The number of alkyl halides is 3. The number of halogens is 3. The van der Waals surface area contributed by atoms with Crippen LogP contribution in [0.15, 0.2) is 77.8 Å². The molecule has 1 saturated heterocycles. The number of aliphatic imine (C=N–C) groups is 1. The number of amides is 1. The fraction of sp³-hybridized carbons (Fsp3) is 0.231. The summed E-state index contributed by atoms with van der Waals surface area (Å²) in [7, 11) is 0. The molecule has 2 aliphatic rings. The van der Waals surface area contributed by atoms with E-state index in [1.54, 1.807) is 6.07 Å². The monoisotopic (exact) mass is 465 g/mol. The van der Waals surface area contributed by atoms with Gasteiger partial charge in [-0.2, -0.15) is 13.2 Å². The lowest BCUT2D eigenvalue weighted by Crippen LogP contribution is -2.51. The Morgan fingerprint density at radius 3 is 2.32 bits per heavy atom. The summed E-state index contributed by atoms with van der Waals surface area (Å²) in [5.74, 6) is 1.40. The third kappa shape index (κ3) is 4.48. The maximum Gasteiger partial charge on any atom is 0.416 e. The van der Waals surface area contributed by atoms with Crippen molar-refractivity contribution in [1.29, 1.82) is 0 Å². The second kappa shape index (κ2) is 8.85. The molecule has 1 fully saturated rings. The van der Waals surface area contributed by atoms with E-state index in [2.05, 4.69) is 4.99 Å². The number of hydrogen-bond acceptors (Lipinski definition) is 4. The summed E-state index contributed by atoms with van der Waals surface area (Å²) in [6.45, 7) is 2.04. The van der Waals surface area contributed by atoms with Crippen LogP contribution in [-0.2, 0) is 17.4 Å². The van der Waals surface area contributed by atoms with Gasteiger partial charge in [0.15, 0.2) is 5.75 Å². The van der Waals surface area contributed by atoms with Crippen LogP contribution in [0.1, 0.15) is 16.7 Å². The van der Waals surface area contributed by atoms with Crippen LogP contribution in [0.4, 0.5) is 18.9 Å². The molecule has 0 spiro atoms. The van der Waals surface area contributed by atoms with Crippen molar-refractivity contribution < 1.29 is 22.7 Å². The first kappa shape index (κ1) is 22.0. The van der Waals surface area contributed by atoms with Gasteiger partial charge in [-0.25, -0.2) is 4.99 Å². The highest BCUT2D eigenvalue weighted by atomic mass is 19.4. The lowest BCUT2D eigenvalue weighted by molar-refractivity contribution is -0.137. The number of nitrogens with zero attached hydrogens (tertiary/aromatic N) is 3. The van der Waals surface area contributed by atoms with Crippen LogP contribution in [-0.4, -0.2) is 47.7 Å². The Morgan fingerprint density at radius 2 is 1.59 bits per heavy atom. The molecule has 0 bridgehead atoms. The molecule has 2 aliphatic heterocycles. The van der Waals surface area contributed by atoms with E-state index < -0.39 is 11.7 Å². The lowest BCUT2D eigenvalue weighted by Gasteiger charge is -2.36. The molecule has 0 unspecified atom stereocenters. The Hall–Kier alpha value is -3.81. The zero-order chi connectivity index (χ0) is 23.7. The van der Waals surface area contributed by atoms with Gasteiger partial charge in [0.25, 0.3) is 0 Å². The Morgan fingerprint density at radius 1 is 0.882 bits per heavy atom. The van der Waals surface area contributed by atoms with E-state index in [9.17, 15) is 18.0 Å². The van der Waals surface area contributed by atoms with Gasteiger partial charge in [0.1, 0.15) is 17.3 Å². The molecule has 0 N–H and O–H groups in total. The van der Waals surface area contributed by atoms with Crippen molar-refractivity contribution in [3.05, 3.63) is 89.5 Å². The average molecular weight is 465 g/mol. The molecule has 3 aromatic rings. The summed E-state index contributed by atoms with van der Waals surface area (Å²) in [5.41, 5.74) is 1.02. The predicted molar refractivity (Wildman–Crippen MR) is 122 cm³/mol. The van der Waals surface area contributed by atoms with E-state index in [4.69, 9.17) is 4.74 Å². The van der Waals surface area contributed by atoms with E-state index in [1.165, 1.54) is 6.07 Å². The van der Waals surface area contributed by atoms with Crippen LogP contribution in [0.25, 0.3) is 0 Å². The number of ether oxygens (including phenoxy) is 1. The molecule has 0 aromatic heterocycles. The molecule has 2 heterocycles. The Balaban J connectivity index is 1.40. The van der Waals surface area contributed by atoms with Gasteiger partial charge < -0.3 is 14.5 Å². The molecule has 0 saturated carbocycles. The second-order valence-corrected chi connectivity index (χ2v) is 8.24. The number of para-hydroxylation sites is 1. The number of piperazine rings is 1. The SMILES string of the molecule is O=C(Cc1ccccc1)N1CCN(C2=Nc3cc(C(F)(F)F)ccc3Oc3ccccc32)CC1. The third-order valence-electron chi connectivity index (χ3n) is 5.99. The van der Waals surface area contributed by atoms with E-state index in [0.717, 1.165) is 17.7 Å². The van der Waals surface area contributed by atoms with Crippen molar-refractivity contribution in [2.45, 2.75) is 12.6 Å². The van der Waals surface area contributed by atoms with Crippen LogP contribution in [0.5, 0.6) is 11.5 Å². The number of carbonyl (C=O) groups is 1. The molecule has 0 radical (unpaired) electrons. The maximum absolute atomic E-state index is 13.3. The number of rotatable bonds is 2. The summed E-state index contributed by atoms with van der Waals surface area (Å²) >= 11 is 0. The van der Waals surface area contributed by atoms with Gasteiger partial charge in [-0.15, -0.1) is 0 Å². The van der Waals surface area contributed by atoms with Crippen LogP contribution in [0.2, 0.25) is 0 Å². The third-order valence-corrected chi connectivity index (χ3v) is 5.99. The minimum absolute atomic E-state index is 0.0533. The fourth-order valence-corrected chi connectivity index (χ4v) is 4.19. The molecule has 0 atom stereocenters. The highest BCUT2D eigenvalue weighted by Gasteiger charge is 2.33. The van der Waals surface area contributed by atoms with Crippen LogP contribution in [0, 0.1) is 0 Å². The van der Waals surface area contributed by atoms with Crippen molar-refractivity contribution in [3.8, 4) is 11.5 Å². The molecule has 34 heavy (non-hydrogen) atoms. The van der Waals surface area contributed by atoms with Gasteiger partial charge >= 0.3 is 6.18 Å². The molecular weight excluding hydrogens is 443 g/mol. The molecule has 5 nitrogen and oxygen atoms in total. The highest BCUT2D eigenvalue weighted by molar-refractivity contribution is 6.03. The highest BCUT2D eigenvalue weighted by Crippen LogP contribution is 2.41. The van der Waals surface area contributed by atoms with E-state index in [1.807, 2.05) is 58.3 Å². The summed E-state index contributed by atoms with van der Waals surface area (Å²) in [6, 6.07) is 20.2. The quantitative estimate of drug-likeness (QED) is 0.518. The van der Waals surface area contributed by atoms with Gasteiger partial charge in [0, 0.05) is 26.2 Å². The van der Waals surface area contributed by atoms with Crippen molar-refractivity contribution >= 4 is 17.4 Å². The lowest BCUT2D eigenvalue weighted by atomic mass is 10.1. The molecule has 8 heteroatoms. The minimum Gasteiger partial charge on any atom is -0.454 e. The summed E-state index contributed by atoms with van der Waals surface area (Å²) in [5, 5.41) is 0. The second-order valence-electron chi connectivity index (χ2n) is 8.24. The predicted octanol–water partition coefficient (Wildman–Crippen LogP) is 5.28. The maximum atomic E-state index is 13.3. The van der Waals surface area contributed by atoms with Crippen LogP contribution < -0.4 is 4.74 Å². The van der Waals surface area contributed by atoms with Gasteiger partial charge in [-0.05, 0) is 35.9 Å². The summed E-state index contributed by atoms with van der Waals surface area (Å²) < 4.78 is 45.9. The van der Waals surface area contributed by atoms with Gasteiger partial charge in [0.2, 0.25) is 5.91 Å². The van der Waals surface area contributed by atoms with Crippen molar-refractivity contribution in [2.75, 3.05) is 26.2 Å². The smallest absolute Gasteiger partial charge is 0.416 e. The van der Waals surface area contributed by atoms with Gasteiger partial charge in [-0.1, -0.05) is 42.5 Å². The number of carbonyl (C=O) groups excluding carboxylic acids is 1. The summed E-state index contributed by atoms with van der Waals surface area (Å²) in [6.07, 6.45) is -4.14. The van der Waals surface area contributed by atoms with Crippen LogP contribution in [0.3, 0.4) is 0 Å². The Bertz CT molecular complexity index is 1230. The molecule has 5 rings (SSSR count). The van der Waals surface area contributed by atoms with E-state index in [0.29, 0.717) is 49.7 Å². The number of fused-ring (bicyclic) bond motifs is 2. The summed E-state index contributed by atoms with van der Waals surface area (Å²) in [4.78, 5) is 21.2. The van der Waals surface area contributed by atoms with Crippen molar-refractivity contribution in [2.24, 2.45) is 4.99 Å². The molecule has 3 aromatic carbocycles. The molecule has 1 amide bonds. The van der Waals surface area contributed by atoms with E-state index in [-0.39, 0.29) is 17.3 Å². The zero-order valence-electron chi connectivity index (χ0n) is 18.3. The number of benzene rings is 3. The Kier molecular flexibility index (Phi) is 5.73. The van der Waals surface area contributed by atoms with Gasteiger partial charge in [-0.3, -0.25) is 4.79 Å². The molecular formula is C26H22F3N3O2. The zero-order valence-corrected chi connectivity index (χ0v) is 18.3. The van der Waals surface area contributed by atoms with Crippen molar-refractivity contribution in [3.63, 3.8) is 0 Å². The van der Waals surface area contributed by atoms with E-state index >= 15 is 0 Å². The normalized spacial score (nSPS) is 15.6. The molecule has 0 aliphatic carbocycles. The first-order chi connectivity index (χ1) is 16.4.